The van der Waals surface area contributed by atoms with Gasteiger partial charge in [-0.3, -0.25) is 14.6 Å². The number of anilines is 1. The lowest BCUT2D eigenvalue weighted by Gasteiger charge is -2.33. The average Bonchev–Trinajstić information content (AvgIpc) is 3.36. The lowest BCUT2D eigenvalue weighted by atomic mass is 10.3. The van der Waals surface area contributed by atoms with Crippen molar-refractivity contribution in [2.24, 2.45) is 0 Å². The van der Waals surface area contributed by atoms with Gasteiger partial charge < -0.3 is 9.73 Å². The van der Waals surface area contributed by atoms with Gasteiger partial charge in [-0.05, 0) is 35.8 Å². The molecular formula is C19H20ClN5O2S2. The average molecular weight is 450 g/mol. The number of amides is 1. The van der Waals surface area contributed by atoms with Crippen LogP contribution in [0.5, 0.6) is 0 Å². The lowest BCUT2D eigenvalue weighted by molar-refractivity contribution is -0.117. The Bertz CT molecular complexity index is 1030. The van der Waals surface area contributed by atoms with Crippen molar-refractivity contribution in [1.29, 1.82) is 0 Å². The van der Waals surface area contributed by atoms with Crippen molar-refractivity contribution in [3.63, 3.8) is 0 Å². The SMILES string of the molecule is O=C(CN1CCN(Cn2nc(-c3cccs3)oc2=S)CC1)Nc1ccccc1Cl. The van der Waals surface area contributed by atoms with Crippen LogP contribution in [0.1, 0.15) is 0 Å². The molecule has 152 valence electrons. The molecule has 0 saturated carbocycles. The predicted octanol–water partition coefficient (Wildman–Crippen LogP) is 3.80. The Morgan fingerprint density at radius 3 is 2.66 bits per heavy atom. The fourth-order valence-electron chi connectivity index (χ4n) is 3.13. The van der Waals surface area contributed by atoms with E-state index in [0.29, 0.717) is 34.7 Å². The summed E-state index contributed by atoms with van der Waals surface area (Å²) in [6.07, 6.45) is 0. The number of hydrogen-bond acceptors (Lipinski definition) is 7. The van der Waals surface area contributed by atoms with E-state index in [1.807, 2.05) is 29.6 Å². The molecule has 3 heterocycles. The number of nitrogens with zero attached hydrogens (tertiary/aromatic N) is 4. The highest BCUT2D eigenvalue weighted by Crippen LogP contribution is 2.23. The standard InChI is InChI=1S/C19H20ClN5O2S2/c20-14-4-1-2-5-15(14)21-17(26)12-23-7-9-24(10-8-23)13-25-19(28)27-18(22-25)16-6-3-11-29-16/h1-6,11H,7-10,12-13H2,(H,21,26). The van der Waals surface area contributed by atoms with E-state index in [1.54, 1.807) is 28.2 Å². The summed E-state index contributed by atoms with van der Waals surface area (Å²) in [5, 5.41) is 9.88. The smallest absolute Gasteiger partial charge is 0.288 e. The van der Waals surface area contributed by atoms with Gasteiger partial charge in [-0.2, -0.15) is 0 Å². The van der Waals surface area contributed by atoms with Gasteiger partial charge in [0.1, 0.15) is 0 Å². The van der Waals surface area contributed by atoms with Gasteiger partial charge in [0.15, 0.2) is 0 Å². The number of carbonyl (C=O) groups excluding carboxylic acids is 1. The molecule has 1 N–H and O–H groups in total. The summed E-state index contributed by atoms with van der Waals surface area (Å²) in [5.41, 5.74) is 0.639. The molecule has 29 heavy (non-hydrogen) atoms. The van der Waals surface area contributed by atoms with E-state index >= 15 is 0 Å². The zero-order valence-corrected chi connectivity index (χ0v) is 18.0. The third-order valence-electron chi connectivity index (χ3n) is 4.65. The lowest BCUT2D eigenvalue weighted by Crippen LogP contribution is -2.48. The van der Waals surface area contributed by atoms with Gasteiger partial charge >= 0.3 is 0 Å². The van der Waals surface area contributed by atoms with Gasteiger partial charge in [0.05, 0.1) is 28.8 Å². The predicted molar refractivity (Wildman–Crippen MR) is 117 cm³/mol. The number of hydrogen-bond donors (Lipinski definition) is 1. The number of para-hydroxylation sites is 1. The highest BCUT2D eigenvalue weighted by molar-refractivity contribution is 7.71. The first kappa shape index (κ1) is 20.2. The molecule has 1 saturated heterocycles. The number of piperazine rings is 1. The van der Waals surface area contributed by atoms with Crippen LogP contribution in [0.3, 0.4) is 0 Å². The topological polar surface area (TPSA) is 66.5 Å². The van der Waals surface area contributed by atoms with Crippen LogP contribution in [0.25, 0.3) is 10.8 Å². The molecule has 10 heteroatoms. The number of benzene rings is 1. The van der Waals surface area contributed by atoms with Crippen molar-refractivity contribution in [1.82, 2.24) is 19.6 Å². The van der Waals surface area contributed by atoms with E-state index in [2.05, 4.69) is 20.2 Å². The second kappa shape index (κ2) is 9.19. The highest BCUT2D eigenvalue weighted by Gasteiger charge is 2.20. The summed E-state index contributed by atoms with van der Waals surface area (Å²) in [5.74, 6) is 0.491. The Labute approximate surface area is 182 Å². The molecule has 0 spiro atoms. The van der Waals surface area contributed by atoms with Crippen LogP contribution in [0.15, 0.2) is 46.2 Å². The van der Waals surface area contributed by atoms with Crippen molar-refractivity contribution in [3.8, 4) is 10.8 Å². The molecule has 0 unspecified atom stereocenters. The molecule has 1 aliphatic rings. The maximum Gasteiger partial charge on any atom is 0.288 e. The van der Waals surface area contributed by atoms with Gasteiger partial charge in [-0.1, -0.05) is 29.8 Å². The van der Waals surface area contributed by atoms with Crippen LogP contribution in [0.2, 0.25) is 5.02 Å². The zero-order chi connectivity index (χ0) is 20.2. The Kier molecular flexibility index (Phi) is 6.41. The highest BCUT2D eigenvalue weighted by atomic mass is 35.5. The molecule has 0 atom stereocenters. The van der Waals surface area contributed by atoms with E-state index in [1.165, 1.54) is 0 Å². The maximum atomic E-state index is 12.3. The van der Waals surface area contributed by atoms with E-state index in [4.69, 9.17) is 28.2 Å². The second-order valence-corrected chi connectivity index (χ2v) is 8.42. The number of aromatic nitrogens is 2. The molecule has 0 bridgehead atoms. The molecule has 1 aliphatic heterocycles. The molecular weight excluding hydrogens is 430 g/mol. The number of nitrogens with one attached hydrogen (secondary N) is 1. The van der Waals surface area contributed by atoms with Gasteiger partial charge in [-0.15, -0.1) is 16.4 Å². The Balaban J connectivity index is 1.27. The first-order valence-corrected chi connectivity index (χ1v) is 10.9. The van der Waals surface area contributed by atoms with E-state index in [-0.39, 0.29) is 5.91 Å². The van der Waals surface area contributed by atoms with Crippen molar-refractivity contribution >= 4 is 46.8 Å². The van der Waals surface area contributed by atoms with E-state index in [9.17, 15) is 4.79 Å². The van der Waals surface area contributed by atoms with Crippen LogP contribution >= 0.6 is 35.2 Å². The summed E-state index contributed by atoms with van der Waals surface area (Å²) in [4.78, 5) is 18.0. The normalized spacial score (nSPS) is 15.5. The molecule has 1 amide bonds. The van der Waals surface area contributed by atoms with Crippen molar-refractivity contribution in [3.05, 3.63) is 51.6 Å². The zero-order valence-electron chi connectivity index (χ0n) is 15.6. The van der Waals surface area contributed by atoms with Crippen molar-refractivity contribution in [2.75, 3.05) is 38.0 Å². The maximum absolute atomic E-state index is 12.3. The van der Waals surface area contributed by atoms with Crippen LogP contribution in [0.4, 0.5) is 5.69 Å². The Morgan fingerprint density at radius 2 is 1.93 bits per heavy atom. The Morgan fingerprint density at radius 1 is 1.17 bits per heavy atom. The summed E-state index contributed by atoms with van der Waals surface area (Å²) in [7, 11) is 0. The minimum Gasteiger partial charge on any atom is -0.408 e. The third kappa shape index (κ3) is 5.12. The molecule has 0 aliphatic carbocycles. The van der Waals surface area contributed by atoms with Gasteiger partial charge in [0, 0.05) is 26.2 Å². The van der Waals surface area contributed by atoms with Gasteiger partial charge in [0.2, 0.25) is 5.91 Å². The van der Waals surface area contributed by atoms with Crippen molar-refractivity contribution in [2.45, 2.75) is 6.67 Å². The van der Waals surface area contributed by atoms with E-state index < -0.39 is 0 Å². The fourth-order valence-corrected chi connectivity index (χ4v) is 4.13. The summed E-state index contributed by atoms with van der Waals surface area (Å²) < 4.78 is 7.33. The summed E-state index contributed by atoms with van der Waals surface area (Å²) >= 11 is 13.0. The number of carbonyl (C=O) groups is 1. The molecule has 1 aromatic carbocycles. The van der Waals surface area contributed by atoms with Crippen LogP contribution in [-0.4, -0.2) is 58.2 Å². The van der Waals surface area contributed by atoms with Crippen LogP contribution < -0.4 is 5.32 Å². The number of halogens is 1. The second-order valence-electron chi connectivity index (χ2n) is 6.71. The number of rotatable bonds is 6. The summed E-state index contributed by atoms with van der Waals surface area (Å²) in [6, 6.07) is 11.2. The molecule has 7 nitrogen and oxygen atoms in total. The van der Waals surface area contributed by atoms with Crippen LogP contribution in [-0.2, 0) is 11.5 Å². The van der Waals surface area contributed by atoms with Gasteiger partial charge in [0.25, 0.3) is 10.7 Å². The molecule has 0 radical (unpaired) electrons. The van der Waals surface area contributed by atoms with Gasteiger partial charge in [-0.25, -0.2) is 4.68 Å². The largest absolute Gasteiger partial charge is 0.408 e. The first-order chi connectivity index (χ1) is 14.1. The minimum atomic E-state index is -0.0640. The molecule has 4 rings (SSSR count). The quantitative estimate of drug-likeness (QED) is 0.577. The van der Waals surface area contributed by atoms with Crippen LogP contribution in [0, 0.1) is 4.84 Å². The first-order valence-electron chi connectivity index (χ1n) is 9.19. The molecule has 3 aromatic rings. The number of thiophene rings is 1. The van der Waals surface area contributed by atoms with Crippen molar-refractivity contribution < 1.29 is 9.21 Å². The Hall–Kier alpha value is -2.04. The van der Waals surface area contributed by atoms with E-state index in [0.717, 1.165) is 31.1 Å². The fraction of sp³-hybridized carbons (Fsp3) is 0.316. The minimum absolute atomic E-state index is 0.0640. The monoisotopic (exact) mass is 449 g/mol. The molecule has 1 fully saturated rings. The summed E-state index contributed by atoms with van der Waals surface area (Å²) in [6.45, 7) is 4.14. The molecule has 2 aromatic heterocycles. The third-order valence-corrected chi connectivity index (χ3v) is 6.13.